The van der Waals surface area contributed by atoms with Gasteiger partial charge in [0.1, 0.15) is 0 Å². The maximum atomic E-state index is 12.0. The molecule has 21 heavy (non-hydrogen) atoms. The molecule has 1 aliphatic rings. The van der Waals surface area contributed by atoms with Crippen LogP contribution in [0.1, 0.15) is 26.2 Å². The van der Waals surface area contributed by atoms with Crippen molar-refractivity contribution in [3.8, 4) is 0 Å². The molecule has 0 spiro atoms. The van der Waals surface area contributed by atoms with Gasteiger partial charge in [0.15, 0.2) is 0 Å². The number of nitrogens with zero attached hydrogens (tertiary/aromatic N) is 1. The fourth-order valence-electron chi connectivity index (χ4n) is 2.71. The lowest BCUT2D eigenvalue weighted by Crippen LogP contribution is -2.47. The van der Waals surface area contributed by atoms with Gasteiger partial charge in [-0.3, -0.25) is 9.69 Å². The number of hydrogen-bond donors (Lipinski definition) is 2. The second-order valence-electron chi connectivity index (χ2n) is 5.95. The number of amides is 1. The molecule has 1 saturated heterocycles. The molecule has 1 atom stereocenters. The zero-order valence-corrected chi connectivity index (χ0v) is 12.9. The molecule has 1 aromatic rings. The fourth-order valence-corrected chi connectivity index (χ4v) is 2.71. The molecule has 1 unspecified atom stereocenters. The van der Waals surface area contributed by atoms with Gasteiger partial charge in [0.25, 0.3) is 0 Å². The minimum absolute atomic E-state index is 0.0319. The summed E-state index contributed by atoms with van der Waals surface area (Å²) in [5.74, 6) is 0.0319. The maximum absolute atomic E-state index is 12.0. The van der Waals surface area contributed by atoms with Gasteiger partial charge in [-0.15, -0.1) is 0 Å². The first-order valence-corrected chi connectivity index (χ1v) is 7.44. The number of rotatable bonds is 5. The lowest BCUT2D eigenvalue weighted by Gasteiger charge is -2.39. The molecule has 1 aromatic carbocycles. The van der Waals surface area contributed by atoms with Gasteiger partial charge in [0, 0.05) is 38.0 Å². The number of methoxy groups -OCH3 is 1. The molecule has 0 radical (unpaired) electrons. The number of benzene rings is 1. The van der Waals surface area contributed by atoms with E-state index in [1.807, 2.05) is 12.1 Å². The number of anilines is 2. The largest absolute Gasteiger partial charge is 0.399 e. The number of hydrogen-bond acceptors (Lipinski definition) is 4. The van der Waals surface area contributed by atoms with Crippen LogP contribution in [0.25, 0.3) is 0 Å². The first-order chi connectivity index (χ1) is 10.0. The zero-order valence-electron chi connectivity index (χ0n) is 12.9. The molecule has 1 amide bonds. The van der Waals surface area contributed by atoms with Crippen LogP contribution >= 0.6 is 0 Å². The molecule has 0 bridgehead atoms. The molecule has 5 nitrogen and oxygen atoms in total. The van der Waals surface area contributed by atoms with Crippen LogP contribution < -0.4 is 11.1 Å². The van der Waals surface area contributed by atoms with Gasteiger partial charge in [-0.25, -0.2) is 0 Å². The van der Waals surface area contributed by atoms with Crippen LogP contribution in [0.4, 0.5) is 11.4 Å². The number of nitrogens with one attached hydrogen (secondary N) is 1. The number of carbonyl (C=O) groups is 1. The minimum atomic E-state index is -0.0777. The molecule has 0 aliphatic carbocycles. The number of ether oxygens (including phenoxy) is 1. The van der Waals surface area contributed by atoms with E-state index in [2.05, 4.69) is 17.1 Å². The highest BCUT2D eigenvalue weighted by Crippen LogP contribution is 2.23. The predicted octanol–water partition coefficient (Wildman–Crippen LogP) is 2.10. The number of piperidine rings is 1. The standard InChI is InChI=1S/C16H25N3O2/c1-16(21-2)9-3-10-19(12-16)11-8-15(20)18-14-6-4-13(17)5-7-14/h4-7H,3,8-12,17H2,1-2H3,(H,18,20). The van der Waals surface area contributed by atoms with Crippen molar-refractivity contribution in [2.24, 2.45) is 0 Å². The van der Waals surface area contributed by atoms with Gasteiger partial charge >= 0.3 is 0 Å². The molecule has 116 valence electrons. The summed E-state index contributed by atoms with van der Waals surface area (Å²) < 4.78 is 5.57. The van der Waals surface area contributed by atoms with Crippen molar-refractivity contribution in [2.45, 2.75) is 31.8 Å². The third kappa shape index (κ3) is 4.72. The number of likely N-dealkylation sites (tertiary alicyclic amines) is 1. The normalized spacial score (nSPS) is 23.0. The number of carbonyl (C=O) groups excluding carboxylic acids is 1. The first kappa shape index (κ1) is 15.8. The van der Waals surface area contributed by atoms with Crippen molar-refractivity contribution in [3.05, 3.63) is 24.3 Å². The Bertz CT molecular complexity index is 475. The van der Waals surface area contributed by atoms with E-state index in [0.717, 1.165) is 38.2 Å². The van der Waals surface area contributed by atoms with Crippen LogP contribution in [-0.4, -0.2) is 43.2 Å². The van der Waals surface area contributed by atoms with Gasteiger partial charge in [-0.2, -0.15) is 0 Å². The van der Waals surface area contributed by atoms with Crippen molar-refractivity contribution in [3.63, 3.8) is 0 Å². The molecular formula is C16H25N3O2. The summed E-state index contributed by atoms with van der Waals surface area (Å²) >= 11 is 0. The van der Waals surface area contributed by atoms with E-state index < -0.39 is 0 Å². The van der Waals surface area contributed by atoms with E-state index in [4.69, 9.17) is 10.5 Å². The van der Waals surface area contributed by atoms with E-state index in [0.29, 0.717) is 12.1 Å². The quantitative estimate of drug-likeness (QED) is 0.815. The SMILES string of the molecule is COC1(C)CCCN(CCC(=O)Nc2ccc(N)cc2)C1. The summed E-state index contributed by atoms with van der Waals surface area (Å²) in [5, 5.41) is 2.89. The molecule has 0 saturated carbocycles. The number of nitrogen functional groups attached to an aromatic ring is 1. The summed E-state index contributed by atoms with van der Waals surface area (Å²) in [6.45, 7) is 4.82. The molecule has 5 heteroatoms. The summed E-state index contributed by atoms with van der Waals surface area (Å²) in [4.78, 5) is 14.3. The van der Waals surface area contributed by atoms with Crippen LogP contribution in [0.5, 0.6) is 0 Å². The van der Waals surface area contributed by atoms with E-state index in [1.54, 1.807) is 19.2 Å². The van der Waals surface area contributed by atoms with Crippen molar-refractivity contribution in [1.82, 2.24) is 4.90 Å². The highest BCUT2D eigenvalue weighted by atomic mass is 16.5. The summed E-state index contributed by atoms with van der Waals surface area (Å²) in [6.07, 6.45) is 2.69. The van der Waals surface area contributed by atoms with E-state index in [-0.39, 0.29) is 11.5 Å². The molecule has 2 rings (SSSR count). The topological polar surface area (TPSA) is 67.6 Å². The molecule has 1 aliphatic heterocycles. The minimum Gasteiger partial charge on any atom is -0.399 e. The second kappa shape index (κ2) is 6.91. The maximum Gasteiger partial charge on any atom is 0.225 e. The Morgan fingerprint density at radius 2 is 2.14 bits per heavy atom. The van der Waals surface area contributed by atoms with Gasteiger partial charge in [0.05, 0.1) is 5.60 Å². The van der Waals surface area contributed by atoms with E-state index in [9.17, 15) is 4.79 Å². The Kier molecular flexibility index (Phi) is 5.20. The first-order valence-electron chi connectivity index (χ1n) is 7.44. The lowest BCUT2D eigenvalue weighted by molar-refractivity contribution is -0.117. The van der Waals surface area contributed by atoms with E-state index >= 15 is 0 Å². The monoisotopic (exact) mass is 291 g/mol. The molecule has 1 heterocycles. The lowest BCUT2D eigenvalue weighted by atomic mass is 9.94. The Balaban J connectivity index is 1.77. The van der Waals surface area contributed by atoms with Crippen molar-refractivity contribution >= 4 is 17.3 Å². The molecule has 3 N–H and O–H groups in total. The third-order valence-corrected chi connectivity index (χ3v) is 4.08. The number of nitrogens with two attached hydrogens (primary N) is 1. The highest BCUT2D eigenvalue weighted by Gasteiger charge is 2.30. The van der Waals surface area contributed by atoms with Crippen LogP contribution in [-0.2, 0) is 9.53 Å². The van der Waals surface area contributed by atoms with Gasteiger partial charge in [-0.1, -0.05) is 0 Å². The summed E-state index contributed by atoms with van der Waals surface area (Å²) in [6, 6.07) is 7.20. The average Bonchev–Trinajstić information content (AvgIpc) is 2.48. The average molecular weight is 291 g/mol. The van der Waals surface area contributed by atoms with Crippen molar-refractivity contribution < 1.29 is 9.53 Å². The Morgan fingerprint density at radius 1 is 1.43 bits per heavy atom. The van der Waals surface area contributed by atoms with Crippen molar-refractivity contribution in [2.75, 3.05) is 37.8 Å². The predicted molar refractivity (Wildman–Crippen MR) is 85.2 cm³/mol. The van der Waals surface area contributed by atoms with Crippen LogP contribution in [0, 0.1) is 0 Å². The highest BCUT2D eigenvalue weighted by molar-refractivity contribution is 5.90. The Morgan fingerprint density at radius 3 is 2.81 bits per heavy atom. The molecule has 1 fully saturated rings. The van der Waals surface area contributed by atoms with Gasteiger partial charge in [0.2, 0.25) is 5.91 Å². The van der Waals surface area contributed by atoms with Gasteiger partial charge < -0.3 is 15.8 Å². The third-order valence-electron chi connectivity index (χ3n) is 4.08. The second-order valence-corrected chi connectivity index (χ2v) is 5.95. The smallest absolute Gasteiger partial charge is 0.225 e. The van der Waals surface area contributed by atoms with Crippen molar-refractivity contribution in [1.29, 1.82) is 0 Å². The Hall–Kier alpha value is -1.59. The summed E-state index contributed by atoms with van der Waals surface area (Å²) in [7, 11) is 1.76. The fraction of sp³-hybridized carbons (Fsp3) is 0.562. The molecular weight excluding hydrogens is 266 g/mol. The molecule has 0 aromatic heterocycles. The Labute approximate surface area is 126 Å². The van der Waals surface area contributed by atoms with Crippen LogP contribution in [0.2, 0.25) is 0 Å². The van der Waals surface area contributed by atoms with E-state index in [1.165, 1.54) is 0 Å². The van der Waals surface area contributed by atoms with Crippen LogP contribution in [0.3, 0.4) is 0 Å². The zero-order chi connectivity index (χ0) is 15.3. The van der Waals surface area contributed by atoms with Crippen LogP contribution in [0.15, 0.2) is 24.3 Å². The van der Waals surface area contributed by atoms with Gasteiger partial charge in [-0.05, 0) is 50.6 Å². The summed E-state index contributed by atoms with van der Waals surface area (Å²) in [5.41, 5.74) is 7.02.